The zero-order valence-corrected chi connectivity index (χ0v) is 10.8. The molecule has 2 saturated heterocycles. The molecular weight excluding hydrogens is 236 g/mol. The van der Waals surface area contributed by atoms with E-state index in [0.717, 1.165) is 19.4 Å². The first-order chi connectivity index (χ1) is 8.74. The molecule has 2 heterocycles. The number of ether oxygens (including phenoxy) is 2. The lowest BCUT2D eigenvalue weighted by atomic mass is 10.1. The van der Waals surface area contributed by atoms with Gasteiger partial charge in [-0.3, -0.25) is 9.59 Å². The van der Waals surface area contributed by atoms with Gasteiger partial charge >= 0.3 is 0 Å². The topological polar surface area (TPSA) is 59.1 Å². The van der Waals surface area contributed by atoms with E-state index >= 15 is 0 Å². The number of carbonyl (C=O) groups is 2. The molecule has 0 aromatic carbocycles. The van der Waals surface area contributed by atoms with Crippen LogP contribution in [0.1, 0.15) is 12.8 Å². The molecular formula is C12H20N2O4. The summed E-state index contributed by atoms with van der Waals surface area (Å²) >= 11 is 0. The molecule has 2 rings (SSSR count). The number of rotatable bonds is 6. The van der Waals surface area contributed by atoms with Crippen LogP contribution in [0.3, 0.4) is 0 Å². The fourth-order valence-electron chi connectivity index (χ4n) is 2.47. The fraction of sp³-hybridized carbons (Fsp3) is 0.833. The van der Waals surface area contributed by atoms with Gasteiger partial charge in [-0.05, 0) is 12.8 Å². The Bertz CT molecular complexity index is 321. The molecule has 102 valence electrons. The lowest BCUT2D eigenvalue weighted by molar-refractivity contribution is -0.154. The molecule has 0 bridgehead atoms. The van der Waals surface area contributed by atoms with Gasteiger partial charge in [0.2, 0.25) is 11.8 Å². The van der Waals surface area contributed by atoms with Crippen LogP contribution < -0.4 is 0 Å². The molecule has 0 N–H and O–H groups in total. The van der Waals surface area contributed by atoms with Crippen LogP contribution in [0.15, 0.2) is 0 Å². The molecule has 1 atom stereocenters. The van der Waals surface area contributed by atoms with E-state index in [1.807, 2.05) is 0 Å². The van der Waals surface area contributed by atoms with Crippen LogP contribution in [0.4, 0.5) is 0 Å². The van der Waals surface area contributed by atoms with Gasteiger partial charge in [-0.15, -0.1) is 0 Å². The second-order valence-electron chi connectivity index (χ2n) is 4.61. The molecule has 6 nitrogen and oxygen atoms in total. The van der Waals surface area contributed by atoms with Crippen molar-refractivity contribution in [1.29, 1.82) is 0 Å². The minimum atomic E-state index is -0.217. The van der Waals surface area contributed by atoms with Crippen LogP contribution >= 0.6 is 0 Å². The molecule has 2 fully saturated rings. The average Bonchev–Trinajstić information content (AvgIpc) is 2.84. The Morgan fingerprint density at radius 3 is 2.89 bits per heavy atom. The third kappa shape index (κ3) is 2.81. The van der Waals surface area contributed by atoms with Crippen molar-refractivity contribution in [2.45, 2.75) is 18.9 Å². The fourth-order valence-corrected chi connectivity index (χ4v) is 2.47. The summed E-state index contributed by atoms with van der Waals surface area (Å²) in [6.07, 6.45) is 1.73. The van der Waals surface area contributed by atoms with E-state index in [2.05, 4.69) is 0 Å². The molecule has 0 aromatic heterocycles. The van der Waals surface area contributed by atoms with Crippen LogP contribution in [-0.2, 0) is 19.1 Å². The highest BCUT2D eigenvalue weighted by molar-refractivity contribution is 5.95. The summed E-state index contributed by atoms with van der Waals surface area (Å²) in [7, 11) is 1.62. The first-order valence-electron chi connectivity index (χ1n) is 6.39. The van der Waals surface area contributed by atoms with Crippen LogP contribution in [0.5, 0.6) is 0 Å². The van der Waals surface area contributed by atoms with Crippen molar-refractivity contribution in [3.63, 3.8) is 0 Å². The van der Waals surface area contributed by atoms with Gasteiger partial charge in [0.1, 0.15) is 6.04 Å². The molecule has 18 heavy (non-hydrogen) atoms. The van der Waals surface area contributed by atoms with Crippen LogP contribution in [0.2, 0.25) is 0 Å². The molecule has 0 radical (unpaired) electrons. The SMILES string of the molecule is COCCOCCN1CC(=O)N2CCCC2C1=O. The largest absolute Gasteiger partial charge is 0.382 e. The van der Waals surface area contributed by atoms with Crippen LogP contribution in [0.25, 0.3) is 0 Å². The van der Waals surface area contributed by atoms with Gasteiger partial charge in [0.25, 0.3) is 0 Å². The summed E-state index contributed by atoms with van der Waals surface area (Å²) in [5, 5.41) is 0. The summed E-state index contributed by atoms with van der Waals surface area (Å²) in [5.74, 6) is 0.136. The highest BCUT2D eigenvalue weighted by atomic mass is 16.5. The Balaban J connectivity index is 1.78. The van der Waals surface area contributed by atoms with Gasteiger partial charge < -0.3 is 19.3 Å². The molecule has 2 aliphatic rings. The maximum atomic E-state index is 12.1. The monoisotopic (exact) mass is 256 g/mol. The molecule has 0 aliphatic carbocycles. The zero-order chi connectivity index (χ0) is 13.0. The normalized spacial score (nSPS) is 23.7. The second kappa shape index (κ2) is 6.15. The Kier molecular flexibility index (Phi) is 4.54. The highest BCUT2D eigenvalue weighted by Gasteiger charge is 2.41. The van der Waals surface area contributed by atoms with Crippen molar-refractivity contribution in [2.24, 2.45) is 0 Å². The summed E-state index contributed by atoms with van der Waals surface area (Å²) in [5.41, 5.74) is 0. The van der Waals surface area contributed by atoms with E-state index < -0.39 is 0 Å². The van der Waals surface area contributed by atoms with Crippen LogP contribution in [-0.4, -0.2) is 74.2 Å². The zero-order valence-electron chi connectivity index (χ0n) is 10.8. The van der Waals surface area contributed by atoms with Gasteiger partial charge in [-0.2, -0.15) is 0 Å². The van der Waals surface area contributed by atoms with E-state index in [1.165, 1.54) is 0 Å². The van der Waals surface area contributed by atoms with E-state index in [4.69, 9.17) is 9.47 Å². The lowest BCUT2D eigenvalue weighted by Crippen LogP contribution is -2.57. The molecule has 0 saturated carbocycles. The number of hydrogen-bond acceptors (Lipinski definition) is 4. The summed E-state index contributed by atoms with van der Waals surface area (Å²) in [6.45, 7) is 2.93. The summed E-state index contributed by atoms with van der Waals surface area (Å²) in [6, 6.07) is -0.217. The number of piperazine rings is 1. The van der Waals surface area contributed by atoms with Gasteiger partial charge in [0.15, 0.2) is 0 Å². The molecule has 2 amide bonds. The molecule has 6 heteroatoms. The average molecular weight is 256 g/mol. The third-order valence-electron chi connectivity index (χ3n) is 3.43. The number of nitrogens with zero attached hydrogens (tertiary/aromatic N) is 2. The quantitative estimate of drug-likeness (QED) is 0.600. The predicted molar refractivity (Wildman–Crippen MR) is 64.0 cm³/mol. The van der Waals surface area contributed by atoms with E-state index in [9.17, 15) is 9.59 Å². The minimum Gasteiger partial charge on any atom is -0.382 e. The van der Waals surface area contributed by atoms with Gasteiger partial charge in [0, 0.05) is 20.2 Å². The maximum absolute atomic E-state index is 12.1. The summed E-state index contributed by atoms with van der Waals surface area (Å²) in [4.78, 5) is 27.3. The minimum absolute atomic E-state index is 0.0639. The van der Waals surface area contributed by atoms with E-state index in [1.54, 1.807) is 16.9 Å². The summed E-state index contributed by atoms with van der Waals surface area (Å²) < 4.78 is 10.2. The van der Waals surface area contributed by atoms with Gasteiger partial charge in [-0.25, -0.2) is 0 Å². The number of fused-ring (bicyclic) bond motifs is 1. The molecule has 2 aliphatic heterocycles. The van der Waals surface area contributed by atoms with Crippen molar-refractivity contribution >= 4 is 11.8 Å². The van der Waals surface area contributed by atoms with Crippen molar-refractivity contribution in [2.75, 3.05) is 46.6 Å². The number of carbonyl (C=O) groups excluding carboxylic acids is 2. The van der Waals surface area contributed by atoms with E-state index in [0.29, 0.717) is 26.4 Å². The van der Waals surface area contributed by atoms with E-state index in [-0.39, 0.29) is 24.4 Å². The highest BCUT2D eigenvalue weighted by Crippen LogP contribution is 2.23. The van der Waals surface area contributed by atoms with Crippen molar-refractivity contribution in [1.82, 2.24) is 9.80 Å². The smallest absolute Gasteiger partial charge is 0.245 e. The van der Waals surface area contributed by atoms with Crippen molar-refractivity contribution < 1.29 is 19.1 Å². The van der Waals surface area contributed by atoms with Gasteiger partial charge in [-0.1, -0.05) is 0 Å². The molecule has 1 unspecified atom stereocenters. The second-order valence-corrected chi connectivity index (χ2v) is 4.61. The Morgan fingerprint density at radius 1 is 1.28 bits per heavy atom. The standard InChI is InChI=1S/C12H20N2O4/c1-17-7-8-18-6-5-13-9-11(15)14-4-2-3-10(14)12(13)16/h10H,2-9H2,1H3. The number of hydrogen-bond donors (Lipinski definition) is 0. The lowest BCUT2D eigenvalue weighted by Gasteiger charge is -2.36. The Hall–Kier alpha value is -1.14. The van der Waals surface area contributed by atoms with Crippen molar-refractivity contribution in [3.8, 4) is 0 Å². The van der Waals surface area contributed by atoms with Crippen LogP contribution in [0, 0.1) is 0 Å². The third-order valence-corrected chi connectivity index (χ3v) is 3.43. The molecule has 0 aromatic rings. The van der Waals surface area contributed by atoms with Gasteiger partial charge in [0.05, 0.1) is 26.4 Å². The Morgan fingerprint density at radius 2 is 2.11 bits per heavy atom. The molecule has 0 spiro atoms. The number of amides is 2. The predicted octanol–water partition coefficient (Wildman–Crippen LogP) is -0.517. The first-order valence-corrected chi connectivity index (χ1v) is 6.39. The van der Waals surface area contributed by atoms with Crippen molar-refractivity contribution in [3.05, 3.63) is 0 Å². The Labute approximate surface area is 107 Å². The number of methoxy groups -OCH3 is 1. The maximum Gasteiger partial charge on any atom is 0.245 e. The first kappa shape index (κ1) is 13.3.